The quantitative estimate of drug-likeness (QED) is 0.704. The minimum absolute atomic E-state index is 0.231. The highest BCUT2D eigenvalue weighted by atomic mass is 32.2. The summed E-state index contributed by atoms with van der Waals surface area (Å²) in [6.45, 7) is 0. The first kappa shape index (κ1) is 14.6. The first-order chi connectivity index (χ1) is 8.48. The van der Waals surface area contributed by atoms with Gasteiger partial charge in [0, 0.05) is 7.05 Å². The molecular weight excluding hydrogens is 256 g/mol. The Morgan fingerprint density at radius 2 is 1.94 bits per heavy atom. The molecular formula is C11H16N2O4S. The van der Waals surface area contributed by atoms with Crippen molar-refractivity contribution in [2.45, 2.75) is 12.5 Å². The number of carbonyl (C=O) groups excluding carboxylic acids is 1. The summed E-state index contributed by atoms with van der Waals surface area (Å²) in [5, 5.41) is 0. The van der Waals surface area contributed by atoms with Crippen LogP contribution in [0.2, 0.25) is 0 Å². The van der Waals surface area contributed by atoms with Crippen molar-refractivity contribution in [1.29, 1.82) is 0 Å². The predicted molar refractivity (Wildman–Crippen MR) is 67.1 cm³/mol. The first-order valence-electron chi connectivity index (χ1n) is 5.31. The smallest absolute Gasteiger partial charge is 0.324 e. The van der Waals surface area contributed by atoms with Crippen molar-refractivity contribution in [3.63, 3.8) is 0 Å². The van der Waals surface area contributed by atoms with E-state index in [1.54, 1.807) is 0 Å². The lowest BCUT2D eigenvalue weighted by atomic mass is 10.1. The van der Waals surface area contributed by atoms with E-state index in [1.807, 2.05) is 30.3 Å². The van der Waals surface area contributed by atoms with Crippen LogP contribution >= 0.6 is 0 Å². The van der Waals surface area contributed by atoms with Gasteiger partial charge in [-0.15, -0.1) is 0 Å². The molecule has 0 heterocycles. The van der Waals surface area contributed by atoms with Crippen LogP contribution in [0.25, 0.3) is 0 Å². The van der Waals surface area contributed by atoms with Crippen LogP contribution < -0.4 is 9.44 Å². The normalized spacial score (nSPS) is 13.0. The lowest BCUT2D eigenvalue weighted by Gasteiger charge is -2.16. The zero-order valence-electron chi connectivity index (χ0n) is 10.2. The summed E-state index contributed by atoms with van der Waals surface area (Å²) in [6.07, 6.45) is 0.231. The molecule has 0 saturated carbocycles. The van der Waals surface area contributed by atoms with Gasteiger partial charge < -0.3 is 4.74 Å². The Hall–Kier alpha value is -1.44. The van der Waals surface area contributed by atoms with E-state index in [-0.39, 0.29) is 6.42 Å². The van der Waals surface area contributed by atoms with Gasteiger partial charge in [0.05, 0.1) is 7.11 Å². The van der Waals surface area contributed by atoms with Crippen molar-refractivity contribution in [3.8, 4) is 0 Å². The molecule has 0 unspecified atom stereocenters. The molecule has 0 fully saturated rings. The minimum atomic E-state index is -3.69. The molecule has 18 heavy (non-hydrogen) atoms. The highest BCUT2D eigenvalue weighted by molar-refractivity contribution is 7.87. The van der Waals surface area contributed by atoms with Crippen molar-refractivity contribution in [3.05, 3.63) is 35.9 Å². The summed E-state index contributed by atoms with van der Waals surface area (Å²) in [6, 6.07) is 8.14. The SMILES string of the molecule is CNS(=O)(=O)N[C@@H](Cc1ccccc1)C(=O)OC. The molecule has 100 valence electrons. The largest absolute Gasteiger partial charge is 0.468 e. The van der Waals surface area contributed by atoms with Crippen molar-refractivity contribution in [2.75, 3.05) is 14.2 Å². The topological polar surface area (TPSA) is 84.5 Å². The summed E-state index contributed by atoms with van der Waals surface area (Å²) < 4.78 is 31.7. The van der Waals surface area contributed by atoms with Gasteiger partial charge >= 0.3 is 5.97 Å². The molecule has 0 spiro atoms. The maximum Gasteiger partial charge on any atom is 0.324 e. The molecule has 1 rings (SSSR count). The molecule has 2 N–H and O–H groups in total. The van der Waals surface area contributed by atoms with E-state index in [4.69, 9.17) is 0 Å². The van der Waals surface area contributed by atoms with Gasteiger partial charge in [-0.05, 0) is 12.0 Å². The summed E-state index contributed by atoms with van der Waals surface area (Å²) in [5.74, 6) is -0.627. The second-order valence-electron chi connectivity index (χ2n) is 3.59. The van der Waals surface area contributed by atoms with Gasteiger partial charge in [-0.1, -0.05) is 30.3 Å². The number of methoxy groups -OCH3 is 1. The van der Waals surface area contributed by atoms with E-state index in [0.717, 1.165) is 5.56 Å². The van der Waals surface area contributed by atoms with Gasteiger partial charge in [0.25, 0.3) is 10.2 Å². The molecule has 0 amide bonds. The maximum atomic E-state index is 11.5. The fourth-order valence-corrected chi connectivity index (χ4v) is 2.08. The van der Waals surface area contributed by atoms with Crippen LogP contribution in [0.3, 0.4) is 0 Å². The van der Waals surface area contributed by atoms with Crippen LogP contribution in [0, 0.1) is 0 Å². The Morgan fingerprint density at radius 1 is 1.33 bits per heavy atom. The Bertz CT molecular complexity index is 487. The molecule has 0 aromatic heterocycles. The number of benzene rings is 1. The highest BCUT2D eigenvalue weighted by Crippen LogP contribution is 2.05. The van der Waals surface area contributed by atoms with E-state index in [1.165, 1.54) is 14.2 Å². The van der Waals surface area contributed by atoms with Gasteiger partial charge in [-0.3, -0.25) is 4.79 Å². The van der Waals surface area contributed by atoms with Crippen molar-refractivity contribution < 1.29 is 17.9 Å². The molecule has 6 nitrogen and oxygen atoms in total. The molecule has 0 aliphatic heterocycles. The molecule has 1 atom stereocenters. The van der Waals surface area contributed by atoms with Gasteiger partial charge in [0.15, 0.2) is 0 Å². The van der Waals surface area contributed by atoms with Crippen LogP contribution in [0.4, 0.5) is 0 Å². The molecule has 1 aromatic carbocycles. The number of hydrogen-bond acceptors (Lipinski definition) is 4. The number of carbonyl (C=O) groups is 1. The third kappa shape index (κ3) is 4.44. The molecule has 0 radical (unpaired) electrons. The van der Waals surface area contributed by atoms with E-state index < -0.39 is 22.2 Å². The third-order valence-corrected chi connectivity index (χ3v) is 3.47. The Kier molecular flexibility index (Phi) is 5.26. The van der Waals surface area contributed by atoms with Crippen LogP contribution in [-0.4, -0.2) is 34.6 Å². The third-order valence-electron chi connectivity index (χ3n) is 2.33. The average molecular weight is 272 g/mol. The van der Waals surface area contributed by atoms with Crippen molar-refractivity contribution in [2.24, 2.45) is 0 Å². The molecule has 0 aliphatic rings. The van der Waals surface area contributed by atoms with Crippen molar-refractivity contribution in [1.82, 2.24) is 9.44 Å². The summed E-state index contributed by atoms with van der Waals surface area (Å²) in [7, 11) is -1.22. The minimum Gasteiger partial charge on any atom is -0.468 e. The zero-order valence-corrected chi connectivity index (χ0v) is 11.0. The maximum absolute atomic E-state index is 11.5. The molecule has 0 aliphatic carbocycles. The van der Waals surface area contributed by atoms with E-state index in [9.17, 15) is 13.2 Å². The highest BCUT2D eigenvalue weighted by Gasteiger charge is 2.24. The average Bonchev–Trinajstić information content (AvgIpc) is 2.38. The fourth-order valence-electron chi connectivity index (χ4n) is 1.41. The Morgan fingerprint density at radius 3 is 2.44 bits per heavy atom. The number of hydrogen-bond donors (Lipinski definition) is 2. The number of rotatable bonds is 6. The van der Waals surface area contributed by atoms with Crippen LogP contribution in [0.5, 0.6) is 0 Å². The first-order valence-corrected chi connectivity index (χ1v) is 6.79. The van der Waals surface area contributed by atoms with Gasteiger partial charge in [-0.25, -0.2) is 4.72 Å². The summed E-state index contributed by atoms with van der Waals surface area (Å²) >= 11 is 0. The van der Waals surface area contributed by atoms with E-state index >= 15 is 0 Å². The van der Waals surface area contributed by atoms with Gasteiger partial charge in [0.2, 0.25) is 0 Å². The Balaban J connectivity index is 2.83. The molecule has 7 heteroatoms. The lowest BCUT2D eigenvalue weighted by molar-refractivity contribution is -0.142. The fraction of sp³-hybridized carbons (Fsp3) is 0.364. The lowest BCUT2D eigenvalue weighted by Crippen LogP contribution is -2.47. The van der Waals surface area contributed by atoms with Crippen LogP contribution in [-0.2, 0) is 26.2 Å². The van der Waals surface area contributed by atoms with Gasteiger partial charge in [0.1, 0.15) is 6.04 Å². The Labute approximate surface area is 107 Å². The number of esters is 1. The monoisotopic (exact) mass is 272 g/mol. The predicted octanol–water partition coefficient (Wildman–Crippen LogP) is -0.175. The molecule has 0 bridgehead atoms. The molecule has 1 aromatic rings. The second kappa shape index (κ2) is 6.48. The van der Waals surface area contributed by atoms with Crippen LogP contribution in [0.1, 0.15) is 5.56 Å². The summed E-state index contributed by atoms with van der Waals surface area (Å²) in [5.41, 5.74) is 0.840. The van der Waals surface area contributed by atoms with Gasteiger partial charge in [-0.2, -0.15) is 13.1 Å². The number of ether oxygens (including phenoxy) is 1. The van der Waals surface area contributed by atoms with E-state index in [0.29, 0.717) is 0 Å². The number of nitrogens with one attached hydrogen (secondary N) is 2. The standard InChI is InChI=1S/C11H16N2O4S/c1-12-18(15,16)13-10(11(14)17-2)8-9-6-4-3-5-7-9/h3-7,10,12-13H,8H2,1-2H3/t10-/m0/s1. The van der Waals surface area contributed by atoms with Crippen LogP contribution in [0.15, 0.2) is 30.3 Å². The second-order valence-corrected chi connectivity index (χ2v) is 5.24. The summed E-state index contributed by atoms with van der Waals surface area (Å²) in [4.78, 5) is 11.5. The van der Waals surface area contributed by atoms with Crippen molar-refractivity contribution >= 4 is 16.2 Å². The zero-order chi connectivity index (χ0) is 13.6. The van der Waals surface area contributed by atoms with E-state index in [2.05, 4.69) is 14.2 Å². The molecule has 0 saturated heterocycles.